The van der Waals surface area contributed by atoms with E-state index in [-0.39, 0.29) is 5.82 Å². The van der Waals surface area contributed by atoms with Gasteiger partial charge in [0.15, 0.2) is 0 Å². The van der Waals surface area contributed by atoms with Gasteiger partial charge in [0.25, 0.3) is 0 Å². The Hall–Kier alpha value is -1.06. The number of methoxy groups -OCH3 is 1. The summed E-state index contributed by atoms with van der Waals surface area (Å²) in [5.41, 5.74) is 2.24. The first kappa shape index (κ1) is 14.4. The first-order valence-corrected chi connectivity index (χ1v) is 6.99. The molecule has 0 saturated carbocycles. The van der Waals surface area contributed by atoms with Crippen LogP contribution in [0.25, 0.3) is 0 Å². The van der Waals surface area contributed by atoms with Gasteiger partial charge in [-0.2, -0.15) is 0 Å². The molecule has 0 amide bonds. The second kappa shape index (κ2) is 5.93. The molecule has 2 aromatic carbocycles. The van der Waals surface area contributed by atoms with Crippen molar-refractivity contribution in [3.05, 3.63) is 63.4 Å². The van der Waals surface area contributed by atoms with Crippen LogP contribution in [0.2, 0.25) is 0 Å². The maximum absolute atomic E-state index is 13.6. The molecule has 19 heavy (non-hydrogen) atoms. The molecule has 0 aromatic heterocycles. The summed E-state index contributed by atoms with van der Waals surface area (Å²) in [6.45, 7) is 1.73. The van der Waals surface area contributed by atoms with Crippen LogP contribution in [0.3, 0.4) is 0 Å². The average Bonchev–Trinajstić information content (AvgIpc) is 2.41. The molecule has 0 spiro atoms. The third-order valence-electron chi connectivity index (χ3n) is 2.96. The van der Waals surface area contributed by atoms with Gasteiger partial charge < -0.3 is 4.74 Å². The highest BCUT2D eigenvalue weighted by Crippen LogP contribution is 2.34. The lowest BCUT2D eigenvalue weighted by atomic mass is 10.0. The lowest BCUT2D eigenvalue weighted by Crippen LogP contribution is -1.96. The van der Waals surface area contributed by atoms with Crippen LogP contribution in [0.15, 0.2) is 40.9 Å². The number of benzene rings is 2. The van der Waals surface area contributed by atoms with Crippen LogP contribution in [-0.4, -0.2) is 7.11 Å². The first-order valence-electron chi connectivity index (χ1n) is 5.76. The summed E-state index contributed by atoms with van der Waals surface area (Å²) in [5, 5.41) is -0.391. The zero-order valence-electron chi connectivity index (χ0n) is 10.6. The Bertz CT molecular complexity index is 601. The van der Waals surface area contributed by atoms with Gasteiger partial charge in [0.2, 0.25) is 0 Å². The fourth-order valence-electron chi connectivity index (χ4n) is 1.80. The van der Waals surface area contributed by atoms with Gasteiger partial charge in [0.1, 0.15) is 11.6 Å². The van der Waals surface area contributed by atoms with Crippen LogP contribution in [0.5, 0.6) is 5.75 Å². The Kier molecular flexibility index (Phi) is 4.48. The van der Waals surface area contributed by atoms with Crippen LogP contribution >= 0.6 is 27.5 Å². The van der Waals surface area contributed by atoms with Crippen molar-refractivity contribution in [2.75, 3.05) is 7.11 Å². The minimum atomic E-state index is -0.391. The minimum Gasteiger partial charge on any atom is -0.496 e. The fourth-order valence-corrected chi connectivity index (χ4v) is 2.63. The highest BCUT2D eigenvalue weighted by Gasteiger charge is 2.14. The van der Waals surface area contributed by atoms with Crippen molar-refractivity contribution in [1.82, 2.24) is 0 Å². The molecule has 0 aliphatic heterocycles. The van der Waals surface area contributed by atoms with E-state index in [4.69, 9.17) is 16.3 Å². The number of ether oxygens (including phenoxy) is 1. The molecule has 0 heterocycles. The van der Waals surface area contributed by atoms with Gasteiger partial charge in [-0.05, 0) is 57.7 Å². The van der Waals surface area contributed by atoms with E-state index in [2.05, 4.69) is 15.9 Å². The summed E-state index contributed by atoms with van der Waals surface area (Å²) < 4.78 is 19.6. The normalized spacial score (nSPS) is 12.3. The Labute approximate surface area is 125 Å². The number of hydrogen-bond acceptors (Lipinski definition) is 1. The highest BCUT2D eigenvalue weighted by molar-refractivity contribution is 9.10. The van der Waals surface area contributed by atoms with Gasteiger partial charge in [-0.3, -0.25) is 0 Å². The Morgan fingerprint density at radius 2 is 1.79 bits per heavy atom. The second-order valence-corrected chi connectivity index (χ2v) is 5.56. The topological polar surface area (TPSA) is 9.23 Å². The molecule has 0 aliphatic carbocycles. The third kappa shape index (κ3) is 3.10. The van der Waals surface area contributed by atoms with E-state index in [9.17, 15) is 4.39 Å². The molecule has 1 unspecified atom stereocenters. The molecular formula is C15H13BrClFO. The van der Waals surface area contributed by atoms with E-state index in [0.717, 1.165) is 21.3 Å². The smallest absolute Gasteiger partial charge is 0.133 e. The second-order valence-electron chi connectivity index (χ2n) is 4.27. The summed E-state index contributed by atoms with van der Waals surface area (Å²) in [6, 6.07) is 10.6. The molecule has 1 nitrogen and oxygen atoms in total. The molecule has 0 radical (unpaired) electrons. The summed E-state index contributed by atoms with van der Waals surface area (Å²) in [6.07, 6.45) is 0. The van der Waals surface area contributed by atoms with E-state index >= 15 is 0 Å². The Balaban J connectivity index is 2.35. The molecule has 100 valence electrons. The summed E-state index contributed by atoms with van der Waals surface area (Å²) >= 11 is 9.81. The van der Waals surface area contributed by atoms with Gasteiger partial charge in [-0.1, -0.05) is 18.2 Å². The summed E-state index contributed by atoms with van der Waals surface area (Å²) in [5.74, 6) is 0.499. The lowest BCUT2D eigenvalue weighted by molar-refractivity contribution is 0.412. The fraction of sp³-hybridized carbons (Fsp3) is 0.200. The monoisotopic (exact) mass is 342 g/mol. The van der Waals surface area contributed by atoms with Crippen molar-refractivity contribution in [3.8, 4) is 5.75 Å². The highest BCUT2D eigenvalue weighted by atomic mass is 79.9. The van der Waals surface area contributed by atoms with E-state index in [1.807, 2.05) is 24.3 Å². The van der Waals surface area contributed by atoms with Crippen LogP contribution < -0.4 is 4.74 Å². The standard InChI is InChI=1S/C15H13BrClFO/c1-9-3-4-11(8-13(9)18)15(17)10-5-6-14(19-2)12(16)7-10/h3-8,15H,1-2H3. The van der Waals surface area contributed by atoms with Crippen LogP contribution in [-0.2, 0) is 0 Å². The average molecular weight is 344 g/mol. The molecule has 2 rings (SSSR count). The van der Waals surface area contributed by atoms with Crippen molar-refractivity contribution in [3.63, 3.8) is 0 Å². The molecule has 4 heteroatoms. The number of aryl methyl sites for hydroxylation is 1. The van der Waals surface area contributed by atoms with Gasteiger partial charge in [-0.25, -0.2) is 4.39 Å². The number of rotatable bonds is 3. The molecule has 1 atom stereocenters. The first-order chi connectivity index (χ1) is 9.02. The maximum Gasteiger partial charge on any atom is 0.133 e. The maximum atomic E-state index is 13.6. The minimum absolute atomic E-state index is 0.240. The van der Waals surface area contributed by atoms with Gasteiger partial charge in [0, 0.05) is 0 Å². The molecule has 0 N–H and O–H groups in total. The van der Waals surface area contributed by atoms with Crippen molar-refractivity contribution in [1.29, 1.82) is 0 Å². The van der Waals surface area contributed by atoms with Gasteiger partial charge in [0.05, 0.1) is 17.0 Å². The lowest BCUT2D eigenvalue weighted by Gasteiger charge is -2.13. The van der Waals surface area contributed by atoms with Crippen molar-refractivity contribution >= 4 is 27.5 Å². The number of hydrogen-bond donors (Lipinski definition) is 0. The zero-order chi connectivity index (χ0) is 14.0. The molecule has 0 aliphatic rings. The van der Waals surface area contributed by atoms with Gasteiger partial charge in [-0.15, -0.1) is 11.6 Å². The van der Waals surface area contributed by atoms with E-state index in [0.29, 0.717) is 5.56 Å². The van der Waals surface area contributed by atoms with E-state index in [1.165, 1.54) is 6.07 Å². The van der Waals surface area contributed by atoms with Crippen LogP contribution in [0.4, 0.5) is 4.39 Å². The Morgan fingerprint density at radius 3 is 2.37 bits per heavy atom. The van der Waals surface area contributed by atoms with E-state index in [1.54, 1.807) is 20.1 Å². The molecule has 0 bridgehead atoms. The predicted octanol–water partition coefficient (Wildman–Crippen LogP) is 5.23. The molecular weight excluding hydrogens is 331 g/mol. The SMILES string of the molecule is COc1ccc(C(Cl)c2ccc(C)c(F)c2)cc1Br. The molecule has 0 saturated heterocycles. The van der Waals surface area contributed by atoms with Gasteiger partial charge >= 0.3 is 0 Å². The quantitative estimate of drug-likeness (QED) is 0.693. The van der Waals surface area contributed by atoms with Crippen LogP contribution in [0.1, 0.15) is 22.1 Å². The largest absolute Gasteiger partial charge is 0.496 e. The van der Waals surface area contributed by atoms with Crippen molar-refractivity contribution in [2.24, 2.45) is 0 Å². The third-order valence-corrected chi connectivity index (χ3v) is 4.08. The predicted molar refractivity (Wildman–Crippen MR) is 79.5 cm³/mol. The van der Waals surface area contributed by atoms with Crippen molar-refractivity contribution in [2.45, 2.75) is 12.3 Å². The Morgan fingerprint density at radius 1 is 1.16 bits per heavy atom. The molecule has 0 fully saturated rings. The number of halogens is 3. The summed E-state index contributed by atoms with van der Waals surface area (Å²) in [4.78, 5) is 0. The number of alkyl halides is 1. The van der Waals surface area contributed by atoms with Crippen molar-refractivity contribution < 1.29 is 9.13 Å². The van der Waals surface area contributed by atoms with E-state index < -0.39 is 5.38 Å². The van der Waals surface area contributed by atoms with Crippen LogP contribution in [0, 0.1) is 12.7 Å². The summed E-state index contributed by atoms with van der Waals surface area (Å²) in [7, 11) is 1.60. The zero-order valence-corrected chi connectivity index (χ0v) is 12.9. The molecule has 2 aromatic rings.